The number of hydrogen-bond donors (Lipinski definition) is 7. The first-order chi connectivity index (χ1) is 16.6. The Bertz CT molecular complexity index is 1300. The van der Waals surface area contributed by atoms with Gasteiger partial charge in [-0.1, -0.05) is 0 Å². The number of nitrogens with zero attached hydrogens (tertiary/aromatic N) is 1. The Morgan fingerprint density at radius 3 is 2.11 bits per heavy atom. The molecule has 35 heavy (non-hydrogen) atoms. The van der Waals surface area contributed by atoms with Crippen LogP contribution in [0.25, 0.3) is 0 Å². The molecule has 0 aliphatic heterocycles. The van der Waals surface area contributed by atoms with Gasteiger partial charge in [0.1, 0.15) is 17.1 Å². The molecule has 3 heterocycles. The van der Waals surface area contributed by atoms with Gasteiger partial charge >= 0.3 is 0 Å². The number of primary amides is 1. The first kappa shape index (κ1) is 24.8. The number of aromatic amines is 2. The largest absolute Gasteiger partial charge is 0.370 e. The van der Waals surface area contributed by atoms with Gasteiger partial charge in [0.05, 0.1) is 17.1 Å². The molecule has 0 unspecified atom stereocenters. The summed E-state index contributed by atoms with van der Waals surface area (Å²) in [6, 6.07) is 1.52. The zero-order valence-electron chi connectivity index (χ0n) is 19.4. The van der Waals surface area contributed by atoms with Crippen molar-refractivity contribution < 1.29 is 24.0 Å². The van der Waals surface area contributed by atoms with E-state index < -0.39 is 23.6 Å². The molecule has 0 radical (unpaired) electrons. The molecule has 0 saturated heterocycles. The van der Waals surface area contributed by atoms with Crippen LogP contribution in [0.1, 0.15) is 49.0 Å². The molecule has 8 N–H and O–H groups in total. The lowest BCUT2D eigenvalue weighted by atomic mass is 10.2. The van der Waals surface area contributed by atoms with Crippen molar-refractivity contribution in [1.29, 1.82) is 0 Å². The number of amides is 5. The fourth-order valence-corrected chi connectivity index (χ4v) is 3.42. The predicted molar refractivity (Wildman–Crippen MR) is 128 cm³/mol. The first-order valence-corrected chi connectivity index (χ1v) is 10.5. The molecule has 0 aliphatic rings. The van der Waals surface area contributed by atoms with Crippen LogP contribution in [-0.2, 0) is 16.6 Å². The fraction of sp³-hybridized carbons (Fsp3) is 0.227. The Kier molecular flexibility index (Phi) is 7.39. The maximum atomic E-state index is 12.8. The van der Waals surface area contributed by atoms with Crippen molar-refractivity contribution in [2.24, 2.45) is 12.8 Å². The van der Waals surface area contributed by atoms with Crippen LogP contribution >= 0.6 is 0 Å². The van der Waals surface area contributed by atoms with Crippen molar-refractivity contribution in [2.75, 3.05) is 22.5 Å². The summed E-state index contributed by atoms with van der Waals surface area (Å²) in [6.45, 7) is 3.44. The summed E-state index contributed by atoms with van der Waals surface area (Å²) in [7, 11) is 1.67. The van der Waals surface area contributed by atoms with E-state index in [-0.39, 0.29) is 24.4 Å². The van der Waals surface area contributed by atoms with Gasteiger partial charge in [-0.05, 0) is 19.9 Å². The second-order valence-electron chi connectivity index (χ2n) is 7.77. The second-order valence-corrected chi connectivity index (χ2v) is 7.77. The molecule has 0 bridgehead atoms. The molecule has 0 aliphatic carbocycles. The molecule has 0 aromatic carbocycles. The van der Waals surface area contributed by atoms with Crippen LogP contribution in [0.4, 0.5) is 17.1 Å². The summed E-state index contributed by atoms with van der Waals surface area (Å²) in [6.07, 6.45) is 5.11. The highest BCUT2D eigenvalue weighted by atomic mass is 16.2. The zero-order valence-corrected chi connectivity index (χ0v) is 19.4. The summed E-state index contributed by atoms with van der Waals surface area (Å²) in [4.78, 5) is 64.9. The third-order valence-corrected chi connectivity index (χ3v) is 5.35. The minimum atomic E-state index is -0.526. The third-order valence-electron chi connectivity index (χ3n) is 5.35. The summed E-state index contributed by atoms with van der Waals surface area (Å²) in [5, 5.41) is 10.5. The zero-order chi connectivity index (χ0) is 25.7. The van der Waals surface area contributed by atoms with Crippen molar-refractivity contribution >= 4 is 47.1 Å². The maximum Gasteiger partial charge on any atom is 0.272 e. The Morgan fingerprint density at radius 2 is 1.54 bits per heavy atom. The minimum absolute atomic E-state index is 0.0148. The smallest absolute Gasteiger partial charge is 0.272 e. The topological polar surface area (TPSA) is 196 Å². The van der Waals surface area contributed by atoms with Gasteiger partial charge in [0.2, 0.25) is 12.3 Å². The van der Waals surface area contributed by atoms with Crippen LogP contribution in [0.3, 0.4) is 0 Å². The Morgan fingerprint density at radius 1 is 0.971 bits per heavy atom. The summed E-state index contributed by atoms with van der Waals surface area (Å²) >= 11 is 0. The van der Waals surface area contributed by atoms with Gasteiger partial charge in [-0.25, -0.2) is 0 Å². The number of carbonyl (C=O) groups is 5. The first-order valence-electron chi connectivity index (χ1n) is 10.5. The number of aromatic nitrogens is 3. The third kappa shape index (κ3) is 5.58. The number of H-pyrrole nitrogens is 2. The van der Waals surface area contributed by atoms with Crippen LogP contribution < -0.4 is 27.0 Å². The van der Waals surface area contributed by atoms with Gasteiger partial charge in [0, 0.05) is 49.7 Å². The molecular formula is C22H26N8O5. The molecule has 0 atom stereocenters. The quantitative estimate of drug-likeness (QED) is 0.211. The highest BCUT2D eigenvalue weighted by Crippen LogP contribution is 2.23. The maximum absolute atomic E-state index is 12.8. The molecule has 3 aromatic heterocycles. The van der Waals surface area contributed by atoms with E-state index in [9.17, 15) is 24.0 Å². The molecule has 0 saturated carbocycles. The van der Waals surface area contributed by atoms with Crippen LogP contribution in [0.15, 0.2) is 24.7 Å². The number of carbonyl (C=O) groups excluding carboxylic acids is 5. The molecular weight excluding hydrogens is 456 g/mol. The van der Waals surface area contributed by atoms with Gasteiger partial charge in [-0.3, -0.25) is 24.0 Å². The van der Waals surface area contributed by atoms with Gasteiger partial charge in [0.15, 0.2) is 0 Å². The lowest BCUT2D eigenvalue weighted by Crippen LogP contribution is -2.28. The molecule has 3 rings (SSSR count). The van der Waals surface area contributed by atoms with E-state index >= 15 is 0 Å². The SMILES string of the molecule is Cc1c(NC(=O)c2[nH]cc(NC(=O)c3cc(NC=O)cn3C)c2C)c[nH]c1C(=O)NCCC(N)=O. The monoisotopic (exact) mass is 482 g/mol. The Balaban J connectivity index is 1.68. The van der Waals surface area contributed by atoms with Gasteiger partial charge in [-0.15, -0.1) is 0 Å². The lowest BCUT2D eigenvalue weighted by molar-refractivity contribution is -0.117. The van der Waals surface area contributed by atoms with E-state index in [0.717, 1.165) is 0 Å². The second kappa shape index (κ2) is 10.4. The normalized spacial score (nSPS) is 10.5. The summed E-state index contributed by atoms with van der Waals surface area (Å²) in [5.74, 6) is -1.85. The average Bonchev–Trinajstić information content (AvgIpc) is 3.46. The molecule has 13 heteroatoms. The van der Waals surface area contributed by atoms with E-state index in [1.807, 2.05) is 0 Å². The number of aryl methyl sites for hydroxylation is 1. The molecule has 0 fully saturated rings. The van der Waals surface area contributed by atoms with Crippen molar-refractivity contribution in [2.45, 2.75) is 20.3 Å². The van der Waals surface area contributed by atoms with Gasteiger partial charge < -0.3 is 41.5 Å². The van der Waals surface area contributed by atoms with Crippen LogP contribution in [0.5, 0.6) is 0 Å². The van der Waals surface area contributed by atoms with Crippen molar-refractivity contribution in [3.8, 4) is 0 Å². The highest BCUT2D eigenvalue weighted by molar-refractivity contribution is 6.09. The van der Waals surface area contributed by atoms with E-state index in [1.54, 1.807) is 31.7 Å². The average molecular weight is 483 g/mol. The highest BCUT2D eigenvalue weighted by Gasteiger charge is 2.21. The van der Waals surface area contributed by atoms with Crippen molar-refractivity contribution in [3.05, 3.63) is 52.9 Å². The van der Waals surface area contributed by atoms with E-state index in [1.165, 1.54) is 18.5 Å². The lowest BCUT2D eigenvalue weighted by Gasteiger charge is -2.07. The van der Waals surface area contributed by atoms with Crippen molar-refractivity contribution in [3.63, 3.8) is 0 Å². The van der Waals surface area contributed by atoms with Crippen LogP contribution in [0, 0.1) is 13.8 Å². The van der Waals surface area contributed by atoms with E-state index in [0.29, 0.717) is 40.3 Å². The predicted octanol–water partition coefficient (Wildman–Crippen LogP) is 0.976. The Hall–Kier alpha value is -4.81. The molecule has 184 valence electrons. The van der Waals surface area contributed by atoms with Gasteiger partial charge in [-0.2, -0.15) is 0 Å². The van der Waals surface area contributed by atoms with Crippen LogP contribution in [-0.4, -0.2) is 51.1 Å². The van der Waals surface area contributed by atoms with Crippen LogP contribution in [0.2, 0.25) is 0 Å². The van der Waals surface area contributed by atoms with Crippen molar-refractivity contribution in [1.82, 2.24) is 19.9 Å². The molecule has 13 nitrogen and oxygen atoms in total. The number of rotatable bonds is 10. The summed E-state index contributed by atoms with van der Waals surface area (Å²) < 4.78 is 1.56. The van der Waals surface area contributed by atoms with Gasteiger partial charge in [0.25, 0.3) is 17.7 Å². The number of hydrogen-bond acceptors (Lipinski definition) is 5. The molecule has 3 aromatic rings. The van der Waals surface area contributed by atoms with E-state index in [2.05, 4.69) is 31.2 Å². The molecule has 5 amide bonds. The Labute approximate surface area is 199 Å². The number of nitrogens with one attached hydrogen (secondary N) is 6. The standard InChI is InChI=1S/C22H26N8O5/c1-11-15(8-25-18(11)21(34)24-5-4-17(23)32)29-22(35)19-12(2)14(7-26-19)28-20(33)16-6-13(27-10-31)9-30(16)3/h6-10,25-26H,4-5H2,1-3H3,(H2,23,32)(H,24,34)(H,27,31)(H,28,33)(H,29,35). The summed E-state index contributed by atoms with van der Waals surface area (Å²) in [5.41, 5.74) is 8.14. The molecule has 0 spiro atoms. The van der Waals surface area contributed by atoms with E-state index in [4.69, 9.17) is 5.73 Å². The number of nitrogens with two attached hydrogens (primary N) is 1. The number of anilines is 3. The fourth-order valence-electron chi connectivity index (χ4n) is 3.42. The minimum Gasteiger partial charge on any atom is -0.370 e.